The molecule has 0 fully saturated rings. The van der Waals surface area contributed by atoms with Gasteiger partial charge in [-0.1, -0.05) is 133 Å². The molecule has 26 nitrogen and oxygen atoms in total. The predicted octanol–water partition coefficient (Wildman–Crippen LogP) is -0.376. The molecule has 0 aliphatic carbocycles. The zero-order chi connectivity index (χ0) is 66.9. The summed E-state index contributed by atoms with van der Waals surface area (Å²) >= 11 is 0. The standard InChI is InChI=1S/C64H97N13O13/c1-38(2)31-48(73-56(81)45(67)33-42-21-11-8-12-22-42)57(82)68-36-53(79)70-50(34-43-23-13-9-14-24-43)60(85)74-49(32-39(3)4)59(84)75-51(35-44-25-15-10-16-26-44)61(86)71-46(27-17-19-29-65)58(83)77-54(40(5)6)63(88)69-41(7)55(80)76-52(37-78)62(87)72-47(64(89)90)28-18-20-30-66/h8-16,21-26,38-41,45-52,54,78H,17-20,27-37,65-67H2,1-7H3,(H,68,82)(H,69,88)(H,70,79)(H,71,86)(H,72,87)(H,73,81)(H,74,85)(H,75,84)(H,76,80)(H,77,83)(H,89,90)/t41-,45-,46-,47-,48-,49-,50-,51-,52-,54-/m0/s1. The number of nitrogens with one attached hydrogen (secondary N) is 10. The molecule has 3 aromatic rings. The molecule has 26 heteroatoms. The first kappa shape index (κ1) is 75.9. The Morgan fingerprint density at radius 3 is 1.27 bits per heavy atom. The summed E-state index contributed by atoms with van der Waals surface area (Å²) in [6.07, 6.45) is 2.20. The summed E-state index contributed by atoms with van der Waals surface area (Å²) in [6.45, 7) is 11.0. The van der Waals surface area contributed by atoms with Gasteiger partial charge in [0.1, 0.15) is 54.4 Å². The molecule has 0 saturated carbocycles. The maximum atomic E-state index is 14.6. The summed E-state index contributed by atoms with van der Waals surface area (Å²) in [5, 5.41) is 45.7. The summed E-state index contributed by atoms with van der Waals surface area (Å²) in [5.74, 6) is -9.91. The van der Waals surface area contributed by atoms with Crippen LogP contribution in [-0.4, -0.2) is 162 Å². The summed E-state index contributed by atoms with van der Waals surface area (Å²) in [6, 6.07) is 13.9. The van der Waals surface area contributed by atoms with Crippen LogP contribution in [0.25, 0.3) is 0 Å². The molecule has 0 bridgehead atoms. The fourth-order valence-electron chi connectivity index (χ4n) is 9.55. The van der Waals surface area contributed by atoms with Crippen LogP contribution in [0.2, 0.25) is 0 Å². The highest BCUT2D eigenvalue weighted by molar-refractivity contribution is 5.98. The molecule has 0 unspecified atom stereocenters. The lowest BCUT2D eigenvalue weighted by molar-refractivity contribution is -0.142. The van der Waals surface area contributed by atoms with Crippen LogP contribution in [-0.2, 0) is 72.0 Å². The van der Waals surface area contributed by atoms with Crippen molar-refractivity contribution in [2.24, 2.45) is 35.0 Å². The molecular weight excluding hydrogens is 1160 g/mol. The van der Waals surface area contributed by atoms with Crippen LogP contribution in [0.3, 0.4) is 0 Å². The van der Waals surface area contributed by atoms with Crippen molar-refractivity contribution in [3.05, 3.63) is 108 Å². The number of benzene rings is 3. The van der Waals surface area contributed by atoms with Crippen LogP contribution in [0, 0.1) is 17.8 Å². The first-order valence-corrected chi connectivity index (χ1v) is 30.9. The lowest BCUT2D eigenvalue weighted by atomic mass is 9.99. The van der Waals surface area contributed by atoms with Crippen molar-refractivity contribution in [1.82, 2.24) is 53.2 Å². The lowest BCUT2D eigenvalue weighted by Gasteiger charge is -2.29. The molecule has 10 amide bonds. The number of rotatable bonds is 41. The van der Waals surface area contributed by atoms with Crippen molar-refractivity contribution in [3.63, 3.8) is 0 Å². The number of carboxylic acid groups (broad SMARTS) is 1. The van der Waals surface area contributed by atoms with Crippen molar-refractivity contribution in [2.45, 2.75) is 180 Å². The Kier molecular flexibility index (Phi) is 34.0. The number of aliphatic hydroxyl groups is 1. The molecule has 0 spiro atoms. The number of hydrogen-bond donors (Lipinski definition) is 15. The Balaban J connectivity index is 1.84. The molecule has 496 valence electrons. The van der Waals surface area contributed by atoms with Gasteiger partial charge in [0.05, 0.1) is 19.2 Å². The Morgan fingerprint density at radius 1 is 0.411 bits per heavy atom. The van der Waals surface area contributed by atoms with Crippen molar-refractivity contribution >= 4 is 65.0 Å². The van der Waals surface area contributed by atoms with E-state index >= 15 is 0 Å². The maximum Gasteiger partial charge on any atom is 0.326 e. The van der Waals surface area contributed by atoms with Crippen LogP contribution >= 0.6 is 0 Å². The first-order chi connectivity index (χ1) is 42.8. The molecule has 0 aromatic heterocycles. The number of aliphatic carboxylic acids is 1. The van der Waals surface area contributed by atoms with Crippen molar-refractivity contribution < 1.29 is 63.0 Å². The molecule has 3 aromatic carbocycles. The summed E-state index contributed by atoms with van der Waals surface area (Å²) in [7, 11) is 0. The molecule has 0 heterocycles. The van der Waals surface area contributed by atoms with Crippen LogP contribution in [0.1, 0.15) is 117 Å². The van der Waals surface area contributed by atoms with Gasteiger partial charge in [0.15, 0.2) is 0 Å². The molecule has 90 heavy (non-hydrogen) atoms. The number of hydrogen-bond acceptors (Lipinski definition) is 15. The third kappa shape index (κ3) is 28.0. The van der Waals surface area contributed by atoms with Gasteiger partial charge in [-0.2, -0.15) is 0 Å². The molecule has 3 rings (SSSR count). The van der Waals surface area contributed by atoms with Crippen molar-refractivity contribution in [1.29, 1.82) is 0 Å². The van der Waals surface area contributed by atoms with E-state index in [4.69, 9.17) is 17.2 Å². The third-order valence-corrected chi connectivity index (χ3v) is 14.5. The van der Waals surface area contributed by atoms with Gasteiger partial charge >= 0.3 is 5.97 Å². The highest BCUT2D eigenvalue weighted by Gasteiger charge is 2.36. The Labute approximate surface area is 527 Å². The van der Waals surface area contributed by atoms with Crippen molar-refractivity contribution in [3.8, 4) is 0 Å². The van der Waals surface area contributed by atoms with Crippen LogP contribution < -0.4 is 70.4 Å². The molecule has 0 saturated heterocycles. The fraction of sp³-hybridized carbons (Fsp3) is 0.547. The molecule has 0 radical (unpaired) electrons. The van der Waals surface area contributed by atoms with E-state index < -0.39 is 145 Å². The van der Waals surface area contributed by atoms with E-state index in [1.165, 1.54) is 6.92 Å². The van der Waals surface area contributed by atoms with Gasteiger partial charge in [-0.25, -0.2) is 4.79 Å². The third-order valence-electron chi connectivity index (χ3n) is 14.5. The van der Waals surface area contributed by atoms with Gasteiger partial charge in [0, 0.05) is 12.8 Å². The number of carbonyl (C=O) groups excluding carboxylic acids is 10. The van der Waals surface area contributed by atoms with Gasteiger partial charge in [0.25, 0.3) is 0 Å². The van der Waals surface area contributed by atoms with E-state index in [-0.39, 0.29) is 63.3 Å². The minimum Gasteiger partial charge on any atom is -0.480 e. The second kappa shape index (κ2) is 40.3. The van der Waals surface area contributed by atoms with E-state index in [1.54, 1.807) is 74.5 Å². The Hall–Kier alpha value is -8.33. The second-order valence-corrected chi connectivity index (χ2v) is 23.7. The summed E-state index contributed by atoms with van der Waals surface area (Å²) < 4.78 is 0. The van der Waals surface area contributed by atoms with Crippen LogP contribution in [0.15, 0.2) is 91.0 Å². The average Bonchev–Trinajstić information content (AvgIpc) is 2.56. The number of unbranched alkanes of at least 4 members (excludes halogenated alkanes) is 2. The highest BCUT2D eigenvalue weighted by atomic mass is 16.4. The highest BCUT2D eigenvalue weighted by Crippen LogP contribution is 2.14. The van der Waals surface area contributed by atoms with Gasteiger partial charge in [-0.3, -0.25) is 47.9 Å². The van der Waals surface area contributed by atoms with Gasteiger partial charge in [0.2, 0.25) is 59.1 Å². The molecular formula is C64H97N13O13. The van der Waals surface area contributed by atoms with Gasteiger partial charge in [-0.15, -0.1) is 0 Å². The largest absolute Gasteiger partial charge is 0.480 e. The number of carbonyl (C=O) groups is 11. The monoisotopic (exact) mass is 1260 g/mol. The summed E-state index contributed by atoms with van der Waals surface area (Å²) in [5.41, 5.74) is 19.7. The first-order valence-electron chi connectivity index (χ1n) is 30.9. The van der Waals surface area contributed by atoms with Gasteiger partial charge < -0.3 is 80.6 Å². The average molecular weight is 1260 g/mol. The molecule has 10 atom stereocenters. The summed E-state index contributed by atoms with van der Waals surface area (Å²) in [4.78, 5) is 151. The number of amides is 10. The zero-order valence-electron chi connectivity index (χ0n) is 52.9. The Morgan fingerprint density at radius 2 is 0.800 bits per heavy atom. The van der Waals surface area contributed by atoms with Gasteiger partial charge in [-0.05, 0) is 112 Å². The van der Waals surface area contributed by atoms with E-state index in [1.807, 2.05) is 58.0 Å². The normalized spacial score (nSPS) is 14.6. The fourth-order valence-corrected chi connectivity index (χ4v) is 9.55. The molecule has 0 aliphatic rings. The smallest absolute Gasteiger partial charge is 0.326 e. The van der Waals surface area contributed by atoms with E-state index in [0.29, 0.717) is 43.4 Å². The quantitative estimate of drug-likeness (QED) is 0.0322. The molecule has 0 aliphatic heterocycles. The van der Waals surface area contributed by atoms with E-state index in [0.717, 1.165) is 5.56 Å². The Bertz CT molecular complexity index is 2780. The SMILES string of the molecule is CC(C)C[C@H](NC(=O)[C@H](Cc1ccccc1)NC(=O)CNC(=O)[C@H](CC(C)C)NC(=O)[C@@H](N)Cc1ccccc1)C(=O)N[C@@H](Cc1ccccc1)C(=O)N[C@@H](CCCCN)C(=O)N[C@H](C(=O)N[C@@H](C)C(=O)N[C@@H](CO)C(=O)N[C@@H](CCCCN)C(=O)O)C(C)C. The number of aliphatic hydroxyl groups excluding tert-OH is 1. The second-order valence-electron chi connectivity index (χ2n) is 23.7. The van der Waals surface area contributed by atoms with Crippen LogP contribution in [0.4, 0.5) is 0 Å². The topological polar surface area (TPSA) is 427 Å². The van der Waals surface area contributed by atoms with Crippen molar-refractivity contribution in [2.75, 3.05) is 26.2 Å². The number of nitrogens with two attached hydrogens (primary N) is 3. The number of carboxylic acids is 1. The van der Waals surface area contributed by atoms with Crippen LogP contribution in [0.5, 0.6) is 0 Å². The van der Waals surface area contributed by atoms with E-state index in [9.17, 15) is 63.0 Å². The molecule has 18 N–H and O–H groups in total. The lowest BCUT2D eigenvalue weighted by Crippen LogP contribution is -2.61. The van der Waals surface area contributed by atoms with E-state index in [2.05, 4.69) is 53.2 Å². The zero-order valence-corrected chi connectivity index (χ0v) is 52.9. The maximum absolute atomic E-state index is 14.6. The minimum atomic E-state index is -1.58. The minimum absolute atomic E-state index is 0.0339. The predicted molar refractivity (Wildman–Crippen MR) is 339 cm³/mol.